The van der Waals surface area contributed by atoms with Crippen molar-refractivity contribution in [2.75, 3.05) is 19.8 Å². The van der Waals surface area contributed by atoms with Crippen molar-refractivity contribution in [2.45, 2.75) is 187 Å². The molecule has 1 atom stereocenters. The Morgan fingerprint density at radius 1 is 0.455 bits per heavy atom. The van der Waals surface area contributed by atoms with E-state index in [-0.39, 0.29) is 19.2 Å². The summed E-state index contributed by atoms with van der Waals surface area (Å²) in [4.78, 5) is 12.2. The fraction of sp³-hybridized carbons (Fsp3) is 0.627. The van der Waals surface area contributed by atoms with E-state index in [0.717, 1.165) is 64.2 Å². The summed E-state index contributed by atoms with van der Waals surface area (Å²) in [6.45, 7) is 5.11. The minimum absolute atomic E-state index is 0.212. The summed E-state index contributed by atoms with van der Waals surface area (Å²) in [7, 11) is 0. The van der Waals surface area contributed by atoms with Crippen LogP contribution in [0.25, 0.3) is 0 Å². The molecule has 0 radical (unpaired) electrons. The van der Waals surface area contributed by atoms with Crippen LogP contribution >= 0.6 is 0 Å². The molecule has 0 aliphatic heterocycles. The smallest absolute Gasteiger partial charge is 0.306 e. The fourth-order valence-electron chi connectivity index (χ4n) is 5.77. The van der Waals surface area contributed by atoms with Crippen molar-refractivity contribution in [1.82, 2.24) is 0 Å². The molecule has 0 aliphatic carbocycles. The van der Waals surface area contributed by atoms with Crippen molar-refractivity contribution in [3.05, 3.63) is 109 Å². The molecule has 0 spiro atoms. The van der Waals surface area contributed by atoms with Gasteiger partial charge in [0.1, 0.15) is 6.10 Å². The molecular formula is C51H84O4. The number of ether oxygens (including phenoxy) is 2. The minimum atomic E-state index is -0.586. The van der Waals surface area contributed by atoms with Crippen molar-refractivity contribution >= 4 is 5.97 Å². The maximum absolute atomic E-state index is 12.2. The van der Waals surface area contributed by atoms with E-state index in [4.69, 9.17) is 9.47 Å². The van der Waals surface area contributed by atoms with Crippen molar-refractivity contribution in [3.63, 3.8) is 0 Å². The van der Waals surface area contributed by atoms with Crippen LogP contribution < -0.4 is 0 Å². The van der Waals surface area contributed by atoms with Gasteiger partial charge in [0.25, 0.3) is 0 Å². The van der Waals surface area contributed by atoms with Gasteiger partial charge in [-0.05, 0) is 89.9 Å². The molecule has 0 saturated carbocycles. The maximum Gasteiger partial charge on any atom is 0.306 e. The van der Waals surface area contributed by atoms with E-state index in [2.05, 4.69) is 117 Å². The third-order valence-electron chi connectivity index (χ3n) is 9.10. The number of carbonyl (C=O) groups excluding carboxylic acids is 1. The van der Waals surface area contributed by atoms with Gasteiger partial charge in [0, 0.05) is 13.0 Å². The molecule has 312 valence electrons. The molecule has 0 aromatic rings. The molecule has 0 saturated heterocycles. The SMILES string of the molecule is CC/C=C\C/C=C\C/C=C\C/C=C\C/C=C\C/C=C\CCC(=O)OC(CO)COCCCCCCCCCCC/C=C\C/C=C\C/C=C\CCCCCCC. The number of carbonyl (C=O) groups is 1. The molecule has 0 rings (SSSR count). The first-order valence-electron chi connectivity index (χ1n) is 22.5. The number of unbranched alkanes of at least 4 members (excludes halogenated alkanes) is 14. The zero-order valence-electron chi connectivity index (χ0n) is 35.6. The van der Waals surface area contributed by atoms with Crippen molar-refractivity contribution in [2.24, 2.45) is 0 Å². The predicted octanol–water partition coefficient (Wildman–Crippen LogP) is 15.1. The Balaban J connectivity index is 3.58. The Hall–Kier alpha value is -2.95. The number of aliphatic hydroxyl groups excluding tert-OH is 1. The van der Waals surface area contributed by atoms with E-state index in [1.165, 1.54) is 89.9 Å². The molecule has 1 unspecified atom stereocenters. The minimum Gasteiger partial charge on any atom is -0.457 e. The second-order valence-corrected chi connectivity index (χ2v) is 14.4. The molecule has 0 aromatic carbocycles. The van der Waals surface area contributed by atoms with Crippen LogP contribution in [0.4, 0.5) is 0 Å². The van der Waals surface area contributed by atoms with Crippen LogP contribution in [0.15, 0.2) is 109 Å². The highest BCUT2D eigenvalue weighted by atomic mass is 16.6. The molecule has 1 N–H and O–H groups in total. The highest BCUT2D eigenvalue weighted by molar-refractivity contribution is 5.69. The zero-order valence-corrected chi connectivity index (χ0v) is 35.6. The van der Waals surface area contributed by atoms with Crippen LogP contribution in [0.2, 0.25) is 0 Å². The highest BCUT2D eigenvalue weighted by Crippen LogP contribution is 2.12. The maximum atomic E-state index is 12.2. The van der Waals surface area contributed by atoms with Crippen LogP contribution in [0.3, 0.4) is 0 Å². The molecular weight excluding hydrogens is 677 g/mol. The molecule has 0 fully saturated rings. The number of hydrogen-bond acceptors (Lipinski definition) is 4. The van der Waals surface area contributed by atoms with E-state index < -0.39 is 6.10 Å². The third kappa shape index (κ3) is 45.3. The predicted molar refractivity (Wildman–Crippen MR) is 241 cm³/mol. The average molecular weight is 761 g/mol. The standard InChI is InChI=1S/C51H84O4/c1-3-5-7-9-11-13-15-17-19-21-23-24-25-26-27-29-31-33-35-37-39-41-43-45-47-54-49-50(48-52)55-51(53)46-44-42-40-38-36-34-32-30-28-22-20-18-16-14-12-10-8-6-4-2/h6,8,12,14-15,17-18,20-21,23,25-26,28,30,34,36,40,42,50,52H,3-5,7,9-11,13,16,19,22,24,27,29,31-33,35,37-39,41,43-49H2,1-2H3/b8-6-,14-12-,17-15-,20-18-,23-21-,26-25-,30-28-,36-34-,42-40-. The second-order valence-electron chi connectivity index (χ2n) is 14.4. The van der Waals surface area contributed by atoms with Gasteiger partial charge >= 0.3 is 5.97 Å². The van der Waals surface area contributed by atoms with Gasteiger partial charge < -0.3 is 14.6 Å². The van der Waals surface area contributed by atoms with E-state index in [1.807, 2.05) is 6.08 Å². The molecule has 0 heterocycles. The van der Waals surface area contributed by atoms with Crippen LogP contribution in [0, 0.1) is 0 Å². The molecule has 55 heavy (non-hydrogen) atoms. The Morgan fingerprint density at radius 2 is 0.818 bits per heavy atom. The fourth-order valence-corrected chi connectivity index (χ4v) is 5.77. The molecule has 4 heteroatoms. The summed E-state index contributed by atoms with van der Waals surface area (Å²) in [6.07, 6.45) is 68.8. The normalized spacial score (nSPS) is 13.4. The van der Waals surface area contributed by atoms with Gasteiger partial charge in [-0.25, -0.2) is 0 Å². The molecule has 0 aromatic heterocycles. The number of esters is 1. The lowest BCUT2D eigenvalue weighted by Gasteiger charge is -2.15. The van der Waals surface area contributed by atoms with Crippen molar-refractivity contribution in [3.8, 4) is 0 Å². The molecule has 0 bridgehead atoms. The zero-order chi connectivity index (χ0) is 39.8. The van der Waals surface area contributed by atoms with Gasteiger partial charge in [0.05, 0.1) is 13.2 Å². The first-order valence-corrected chi connectivity index (χ1v) is 22.5. The summed E-state index contributed by atoms with van der Waals surface area (Å²) < 4.78 is 11.1. The first-order chi connectivity index (χ1) is 27.2. The monoisotopic (exact) mass is 761 g/mol. The van der Waals surface area contributed by atoms with E-state index in [0.29, 0.717) is 19.4 Å². The summed E-state index contributed by atoms with van der Waals surface area (Å²) in [5, 5.41) is 9.60. The number of rotatable bonds is 40. The number of hydrogen-bond donors (Lipinski definition) is 1. The Morgan fingerprint density at radius 3 is 1.24 bits per heavy atom. The lowest BCUT2D eigenvalue weighted by Crippen LogP contribution is -2.27. The van der Waals surface area contributed by atoms with Gasteiger partial charge in [-0.2, -0.15) is 0 Å². The van der Waals surface area contributed by atoms with E-state index in [9.17, 15) is 9.90 Å². The Labute approximate surface area is 340 Å². The summed E-state index contributed by atoms with van der Waals surface area (Å²) >= 11 is 0. The van der Waals surface area contributed by atoms with Gasteiger partial charge in [0.15, 0.2) is 0 Å². The van der Waals surface area contributed by atoms with Crippen LogP contribution in [0.5, 0.6) is 0 Å². The lowest BCUT2D eigenvalue weighted by molar-refractivity contribution is -0.154. The second kappa shape index (κ2) is 47.2. The van der Waals surface area contributed by atoms with Crippen molar-refractivity contribution < 1.29 is 19.4 Å². The van der Waals surface area contributed by atoms with Gasteiger partial charge in [-0.15, -0.1) is 0 Å². The van der Waals surface area contributed by atoms with Crippen LogP contribution in [-0.4, -0.2) is 37.0 Å². The number of aliphatic hydroxyl groups is 1. The van der Waals surface area contributed by atoms with E-state index >= 15 is 0 Å². The summed E-state index contributed by atoms with van der Waals surface area (Å²) in [6, 6.07) is 0. The average Bonchev–Trinajstić information content (AvgIpc) is 3.19. The summed E-state index contributed by atoms with van der Waals surface area (Å²) in [5.74, 6) is -0.288. The van der Waals surface area contributed by atoms with Gasteiger partial charge in [-0.3, -0.25) is 4.79 Å². The quantitative estimate of drug-likeness (QED) is 0.0384. The van der Waals surface area contributed by atoms with Gasteiger partial charge in [0.2, 0.25) is 0 Å². The largest absolute Gasteiger partial charge is 0.457 e. The summed E-state index contributed by atoms with van der Waals surface area (Å²) in [5.41, 5.74) is 0. The Kier molecular flexibility index (Phi) is 44.7. The van der Waals surface area contributed by atoms with Crippen molar-refractivity contribution in [1.29, 1.82) is 0 Å². The third-order valence-corrected chi connectivity index (χ3v) is 9.10. The molecule has 0 amide bonds. The lowest BCUT2D eigenvalue weighted by atomic mass is 10.1. The van der Waals surface area contributed by atoms with Crippen LogP contribution in [0.1, 0.15) is 181 Å². The topological polar surface area (TPSA) is 55.8 Å². The number of allylic oxidation sites excluding steroid dienone is 18. The molecule has 4 nitrogen and oxygen atoms in total. The highest BCUT2D eigenvalue weighted by Gasteiger charge is 2.13. The van der Waals surface area contributed by atoms with Crippen LogP contribution in [-0.2, 0) is 14.3 Å². The first kappa shape index (κ1) is 52.1. The molecule has 0 aliphatic rings. The van der Waals surface area contributed by atoms with E-state index in [1.54, 1.807) is 0 Å². The van der Waals surface area contributed by atoms with Gasteiger partial charge in [-0.1, -0.05) is 194 Å². The Bertz CT molecular complexity index is 1070.